The Hall–Kier alpha value is -0.710. The predicted molar refractivity (Wildman–Crippen MR) is 59.9 cm³/mol. The molecule has 1 fully saturated rings. The number of rotatable bonds is 5. The van der Waals surface area contributed by atoms with Crippen molar-refractivity contribution in [3.05, 3.63) is 0 Å². The van der Waals surface area contributed by atoms with Crippen molar-refractivity contribution >= 4 is 23.6 Å². The molecule has 0 heterocycles. The summed E-state index contributed by atoms with van der Waals surface area (Å²) in [4.78, 5) is 22.4. The lowest BCUT2D eigenvalue weighted by molar-refractivity contribution is -0.148. The quantitative estimate of drug-likeness (QED) is 0.744. The van der Waals surface area contributed by atoms with Crippen molar-refractivity contribution in [2.24, 2.45) is 5.41 Å². The zero-order valence-electron chi connectivity index (χ0n) is 8.91. The zero-order chi connectivity index (χ0) is 11.3. The van der Waals surface area contributed by atoms with E-state index in [4.69, 9.17) is 5.11 Å². The summed E-state index contributed by atoms with van der Waals surface area (Å²) in [6.07, 6.45) is 5.11. The van der Waals surface area contributed by atoms with Crippen molar-refractivity contribution in [2.75, 3.05) is 18.6 Å². The number of amides is 1. The third kappa shape index (κ3) is 3.12. The fourth-order valence-electron chi connectivity index (χ4n) is 1.97. The molecule has 0 spiro atoms. The molecule has 1 rings (SSSR count). The summed E-state index contributed by atoms with van der Waals surface area (Å²) in [5.74, 6) is -0.449. The van der Waals surface area contributed by atoms with Crippen molar-refractivity contribution in [3.8, 4) is 0 Å². The van der Waals surface area contributed by atoms with Gasteiger partial charge in [0, 0.05) is 6.54 Å². The van der Waals surface area contributed by atoms with Gasteiger partial charge in [-0.1, -0.05) is 12.8 Å². The molecule has 0 atom stereocenters. The summed E-state index contributed by atoms with van der Waals surface area (Å²) >= 11 is 1.44. The fourth-order valence-corrected chi connectivity index (χ4v) is 2.33. The van der Waals surface area contributed by atoms with Crippen LogP contribution in [0.2, 0.25) is 0 Å². The first kappa shape index (κ1) is 12.4. The van der Waals surface area contributed by atoms with Crippen molar-refractivity contribution in [2.45, 2.75) is 25.7 Å². The Balaban J connectivity index is 2.46. The fraction of sp³-hybridized carbons (Fsp3) is 0.800. The number of carbonyl (C=O) groups excluding carboxylic acids is 1. The first-order valence-corrected chi connectivity index (χ1v) is 6.49. The van der Waals surface area contributed by atoms with Crippen LogP contribution < -0.4 is 5.32 Å². The van der Waals surface area contributed by atoms with E-state index in [1.807, 2.05) is 6.26 Å². The van der Waals surface area contributed by atoms with E-state index in [1.54, 1.807) is 0 Å². The number of carboxylic acid groups (broad SMARTS) is 1. The Bertz CT molecular complexity index is 249. The number of thioether (sulfide) groups is 1. The van der Waals surface area contributed by atoms with Crippen LogP contribution in [0.5, 0.6) is 0 Å². The SMILES string of the molecule is CSCC(=O)NCC1(C(=O)O)CCCC1. The Kier molecular flexibility index (Phi) is 4.45. The summed E-state index contributed by atoms with van der Waals surface area (Å²) < 4.78 is 0. The average molecular weight is 231 g/mol. The van der Waals surface area contributed by atoms with E-state index in [1.165, 1.54) is 11.8 Å². The van der Waals surface area contributed by atoms with Crippen LogP contribution >= 0.6 is 11.8 Å². The van der Waals surface area contributed by atoms with Gasteiger partial charge in [-0.25, -0.2) is 0 Å². The first-order chi connectivity index (χ1) is 7.10. The van der Waals surface area contributed by atoms with Crippen molar-refractivity contribution < 1.29 is 14.7 Å². The normalized spacial score (nSPS) is 18.7. The number of aliphatic carboxylic acids is 1. The summed E-state index contributed by atoms with van der Waals surface area (Å²) in [5, 5.41) is 11.9. The molecule has 4 nitrogen and oxygen atoms in total. The maximum atomic E-state index is 11.2. The number of nitrogens with one attached hydrogen (secondary N) is 1. The molecule has 1 aliphatic carbocycles. The highest BCUT2D eigenvalue weighted by Crippen LogP contribution is 2.37. The minimum absolute atomic E-state index is 0.0741. The molecule has 86 valence electrons. The average Bonchev–Trinajstić information content (AvgIpc) is 2.65. The summed E-state index contributed by atoms with van der Waals surface area (Å²) in [6.45, 7) is 0.279. The molecule has 0 unspecified atom stereocenters. The molecule has 0 bridgehead atoms. The summed E-state index contributed by atoms with van der Waals surface area (Å²) in [7, 11) is 0. The highest BCUT2D eigenvalue weighted by Gasteiger charge is 2.41. The standard InChI is InChI=1S/C10H17NO3S/c1-15-6-8(12)11-7-10(9(13)14)4-2-3-5-10/h2-7H2,1H3,(H,11,12)(H,13,14). The van der Waals surface area contributed by atoms with Crippen LogP contribution in [0.15, 0.2) is 0 Å². The highest BCUT2D eigenvalue weighted by atomic mass is 32.2. The second-order valence-corrected chi connectivity index (χ2v) is 4.87. The van der Waals surface area contributed by atoms with E-state index in [0.29, 0.717) is 18.6 Å². The Morgan fingerprint density at radius 3 is 2.47 bits per heavy atom. The third-order valence-corrected chi connectivity index (χ3v) is 3.46. The molecule has 2 N–H and O–H groups in total. The summed E-state index contributed by atoms with van der Waals surface area (Å²) in [5.41, 5.74) is -0.700. The number of hydrogen-bond donors (Lipinski definition) is 2. The van der Waals surface area contributed by atoms with Gasteiger partial charge in [-0.3, -0.25) is 9.59 Å². The molecule has 1 amide bonds. The molecule has 0 aromatic carbocycles. The molecule has 1 aliphatic rings. The van der Waals surface area contributed by atoms with Gasteiger partial charge in [-0.05, 0) is 19.1 Å². The first-order valence-electron chi connectivity index (χ1n) is 5.10. The number of carbonyl (C=O) groups is 2. The second-order valence-electron chi connectivity index (χ2n) is 4.00. The molecule has 5 heteroatoms. The Morgan fingerprint density at radius 2 is 2.00 bits per heavy atom. The smallest absolute Gasteiger partial charge is 0.311 e. The molecular formula is C10H17NO3S. The van der Waals surface area contributed by atoms with Crippen molar-refractivity contribution in [1.29, 1.82) is 0 Å². The van der Waals surface area contributed by atoms with Crippen LogP contribution in [0.4, 0.5) is 0 Å². The minimum atomic E-state index is -0.774. The van der Waals surface area contributed by atoms with E-state index in [-0.39, 0.29) is 12.5 Å². The van der Waals surface area contributed by atoms with Gasteiger partial charge in [0.25, 0.3) is 0 Å². The van der Waals surface area contributed by atoms with Crippen LogP contribution in [0.3, 0.4) is 0 Å². The van der Waals surface area contributed by atoms with Crippen LogP contribution in [0.25, 0.3) is 0 Å². The van der Waals surface area contributed by atoms with Crippen LogP contribution in [-0.2, 0) is 9.59 Å². The second kappa shape index (κ2) is 5.39. The molecule has 0 aromatic heterocycles. The van der Waals surface area contributed by atoms with Gasteiger partial charge in [0.15, 0.2) is 0 Å². The minimum Gasteiger partial charge on any atom is -0.481 e. The predicted octanol–water partition coefficient (Wildman–Crippen LogP) is 1.11. The van der Waals surface area contributed by atoms with E-state index in [2.05, 4.69) is 5.32 Å². The molecule has 0 saturated heterocycles. The van der Waals surface area contributed by atoms with Gasteiger partial charge in [0.1, 0.15) is 0 Å². The molecule has 15 heavy (non-hydrogen) atoms. The molecule has 0 aliphatic heterocycles. The van der Waals surface area contributed by atoms with E-state index >= 15 is 0 Å². The molecule has 0 aromatic rings. The van der Waals surface area contributed by atoms with Gasteiger partial charge in [0.05, 0.1) is 11.2 Å². The van der Waals surface area contributed by atoms with Crippen molar-refractivity contribution in [3.63, 3.8) is 0 Å². The Morgan fingerprint density at radius 1 is 1.40 bits per heavy atom. The zero-order valence-corrected chi connectivity index (χ0v) is 9.73. The lowest BCUT2D eigenvalue weighted by Crippen LogP contribution is -2.41. The maximum absolute atomic E-state index is 11.2. The molecule has 0 radical (unpaired) electrons. The molecule has 1 saturated carbocycles. The van der Waals surface area contributed by atoms with E-state index < -0.39 is 11.4 Å². The maximum Gasteiger partial charge on any atom is 0.311 e. The molecular weight excluding hydrogens is 214 g/mol. The topological polar surface area (TPSA) is 66.4 Å². The number of hydrogen-bond acceptors (Lipinski definition) is 3. The lowest BCUT2D eigenvalue weighted by Gasteiger charge is -2.23. The highest BCUT2D eigenvalue weighted by molar-refractivity contribution is 7.99. The van der Waals surface area contributed by atoms with Crippen LogP contribution in [0.1, 0.15) is 25.7 Å². The van der Waals surface area contributed by atoms with Crippen LogP contribution in [-0.4, -0.2) is 35.5 Å². The van der Waals surface area contributed by atoms with Gasteiger partial charge >= 0.3 is 5.97 Å². The van der Waals surface area contributed by atoms with E-state index in [9.17, 15) is 9.59 Å². The largest absolute Gasteiger partial charge is 0.481 e. The van der Waals surface area contributed by atoms with Crippen molar-refractivity contribution in [1.82, 2.24) is 5.32 Å². The third-order valence-electron chi connectivity index (χ3n) is 2.91. The van der Waals surface area contributed by atoms with Gasteiger partial charge in [-0.2, -0.15) is 11.8 Å². The van der Waals surface area contributed by atoms with E-state index in [0.717, 1.165) is 12.8 Å². The van der Waals surface area contributed by atoms with Gasteiger partial charge in [0.2, 0.25) is 5.91 Å². The number of carboxylic acids is 1. The van der Waals surface area contributed by atoms with Crippen LogP contribution in [0, 0.1) is 5.41 Å². The lowest BCUT2D eigenvalue weighted by atomic mass is 9.86. The monoisotopic (exact) mass is 231 g/mol. The summed E-state index contributed by atoms with van der Waals surface area (Å²) in [6, 6.07) is 0. The van der Waals surface area contributed by atoms with Gasteiger partial charge < -0.3 is 10.4 Å². The Labute approximate surface area is 93.8 Å². The van der Waals surface area contributed by atoms with Gasteiger partial charge in [-0.15, -0.1) is 0 Å².